The van der Waals surface area contributed by atoms with Gasteiger partial charge in [0.25, 0.3) is 0 Å². The third-order valence-corrected chi connectivity index (χ3v) is 13.9. The van der Waals surface area contributed by atoms with E-state index in [1.165, 1.54) is 13.8 Å². The van der Waals surface area contributed by atoms with Crippen molar-refractivity contribution in [1.29, 1.82) is 0 Å². The third kappa shape index (κ3) is 16.0. The van der Waals surface area contributed by atoms with E-state index >= 15 is 0 Å². The Morgan fingerprint density at radius 3 is 1.94 bits per heavy atom. The standard InChI is InChI=1S/C48H63N9O10S2/c1-4-13-35-43(62)57-41(28(3)60)48(67)56-40(47(66)54-38(24-58)27(2)59)26-69-68-25-39(55-42(61)33(49)20-29-14-7-5-8-15-29)46(65)52-36(21-30-16-9-6-10-17-30)44(63)53-37(45(64)51-35)22-31-23-50-34-19-12-11-18-32(31)34/h5-12,14-19,23,27-28,33,35-41,50,58-60H,4,13,20-22,24-26,49H2,1-3H3,(H,51,64)(H,52,65)(H,53,63)(H,54,66)(H,55,61)(H,56,67)(H,57,62)/t27-,28-,33-,35+,36+,37-,38-,39+,40+,41+/m1/s1. The van der Waals surface area contributed by atoms with Crippen molar-refractivity contribution in [2.75, 3.05) is 18.1 Å². The number of nitrogens with one attached hydrogen (secondary N) is 8. The van der Waals surface area contributed by atoms with Crippen LogP contribution in [0.25, 0.3) is 10.9 Å². The van der Waals surface area contributed by atoms with Crippen LogP contribution < -0.4 is 43.0 Å². The summed E-state index contributed by atoms with van der Waals surface area (Å²) in [7, 11) is 2.07. The molecule has 3 aromatic carbocycles. The fourth-order valence-corrected chi connectivity index (χ4v) is 9.85. The van der Waals surface area contributed by atoms with E-state index in [4.69, 9.17) is 5.73 Å². The number of hydrogen-bond donors (Lipinski definition) is 12. The van der Waals surface area contributed by atoms with Crippen LogP contribution in [-0.4, -0.2) is 140 Å². The summed E-state index contributed by atoms with van der Waals surface area (Å²) in [5.74, 6) is -5.90. The predicted octanol–water partition coefficient (Wildman–Crippen LogP) is -0.134. The highest BCUT2D eigenvalue weighted by Crippen LogP contribution is 2.24. The second-order valence-electron chi connectivity index (χ2n) is 17.0. The minimum absolute atomic E-state index is 0.0324. The first-order valence-corrected chi connectivity index (χ1v) is 25.3. The van der Waals surface area contributed by atoms with Crippen molar-refractivity contribution in [3.05, 3.63) is 108 Å². The van der Waals surface area contributed by atoms with Crippen LogP contribution in [0.5, 0.6) is 0 Å². The SMILES string of the molecule is CCC[C@@H]1NC(=O)[C@@H](Cc2c[nH]c3ccccc23)NC(=O)[C@H](Cc2ccccc2)NC(=O)[C@@H](NC(=O)[C@H](N)Cc2ccccc2)CSSC[C@@H](C(=O)N[C@H](CO)[C@@H](C)O)NC(=O)[C@H]([C@@H](C)O)NC1=O. The Kier molecular flexibility index (Phi) is 20.9. The van der Waals surface area contributed by atoms with Crippen molar-refractivity contribution in [1.82, 2.24) is 42.2 Å². The number of benzene rings is 3. The number of carbonyl (C=O) groups excluding carboxylic acids is 7. The molecule has 1 aliphatic rings. The van der Waals surface area contributed by atoms with Crippen LogP contribution in [0.4, 0.5) is 0 Å². The maximum absolute atomic E-state index is 14.6. The summed E-state index contributed by atoms with van der Waals surface area (Å²) in [5, 5.41) is 50.4. The Morgan fingerprint density at radius 1 is 0.725 bits per heavy atom. The van der Waals surface area contributed by atoms with Gasteiger partial charge in [-0.1, -0.05) is 114 Å². The first-order valence-electron chi connectivity index (χ1n) is 22.8. The van der Waals surface area contributed by atoms with Gasteiger partial charge < -0.3 is 63.3 Å². The number of para-hydroxylation sites is 1. The number of H-pyrrole nitrogens is 1. The van der Waals surface area contributed by atoms with E-state index < -0.39 is 108 Å². The maximum atomic E-state index is 14.6. The van der Waals surface area contributed by atoms with Gasteiger partial charge in [-0.15, -0.1) is 0 Å². The second kappa shape index (κ2) is 26.7. The molecule has 2 heterocycles. The summed E-state index contributed by atoms with van der Waals surface area (Å²) in [4.78, 5) is 102. The molecular formula is C48H63N9O10S2. The summed E-state index contributed by atoms with van der Waals surface area (Å²) in [6, 6.07) is 14.8. The number of fused-ring (bicyclic) bond motifs is 1. The van der Waals surface area contributed by atoms with Crippen LogP contribution in [0.2, 0.25) is 0 Å². The van der Waals surface area contributed by atoms with Crippen LogP contribution in [0.3, 0.4) is 0 Å². The van der Waals surface area contributed by atoms with Gasteiger partial charge in [-0.2, -0.15) is 0 Å². The Bertz CT molecular complexity index is 2360. The molecule has 69 heavy (non-hydrogen) atoms. The van der Waals surface area contributed by atoms with Gasteiger partial charge in [0.1, 0.15) is 36.3 Å². The molecule has 372 valence electrons. The third-order valence-electron chi connectivity index (χ3n) is 11.5. The van der Waals surface area contributed by atoms with Gasteiger partial charge in [0.05, 0.1) is 30.9 Å². The largest absolute Gasteiger partial charge is 0.394 e. The number of aromatic nitrogens is 1. The highest BCUT2D eigenvalue weighted by Gasteiger charge is 2.36. The first kappa shape index (κ1) is 54.0. The second-order valence-corrected chi connectivity index (χ2v) is 19.5. The molecule has 1 saturated heterocycles. The molecular weight excluding hydrogens is 927 g/mol. The zero-order valence-corrected chi connectivity index (χ0v) is 40.3. The molecule has 0 radical (unpaired) electrons. The van der Waals surface area contributed by atoms with Crippen LogP contribution in [0.15, 0.2) is 91.1 Å². The van der Waals surface area contributed by atoms with Crippen LogP contribution in [0.1, 0.15) is 50.3 Å². The first-order chi connectivity index (χ1) is 33.1. The molecule has 0 unspecified atom stereocenters. The number of aliphatic hydroxyl groups is 3. The number of carbonyl (C=O) groups is 7. The lowest BCUT2D eigenvalue weighted by molar-refractivity contribution is -0.136. The molecule has 7 amide bonds. The topological polar surface area (TPSA) is 306 Å². The van der Waals surface area contributed by atoms with Gasteiger partial charge in [0, 0.05) is 41.4 Å². The number of nitrogens with two attached hydrogens (primary N) is 1. The highest BCUT2D eigenvalue weighted by molar-refractivity contribution is 8.76. The fraction of sp³-hybridized carbons (Fsp3) is 0.438. The Morgan fingerprint density at radius 2 is 1.30 bits per heavy atom. The summed E-state index contributed by atoms with van der Waals surface area (Å²) in [5.41, 5.74) is 9.23. The smallest absolute Gasteiger partial charge is 0.245 e. The fourth-order valence-electron chi connectivity index (χ4n) is 7.52. The average molecular weight is 990 g/mol. The van der Waals surface area contributed by atoms with Crippen molar-refractivity contribution in [3.8, 4) is 0 Å². The Balaban J connectivity index is 1.55. The van der Waals surface area contributed by atoms with E-state index in [0.717, 1.165) is 38.1 Å². The monoisotopic (exact) mass is 989 g/mol. The van der Waals surface area contributed by atoms with Gasteiger partial charge in [0.2, 0.25) is 41.4 Å². The predicted molar refractivity (Wildman–Crippen MR) is 264 cm³/mol. The minimum atomic E-state index is -1.64. The molecule has 10 atom stereocenters. The number of aliphatic hydroxyl groups excluding tert-OH is 3. The lowest BCUT2D eigenvalue weighted by atomic mass is 10.0. The van der Waals surface area contributed by atoms with Crippen LogP contribution >= 0.6 is 21.6 Å². The van der Waals surface area contributed by atoms with Crippen molar-refractivity contribution in [3.63, 3.8) is 0 Å². The molecule has 1 aliphatic heterocycles. The number of amides is 7. The number of hydrogen-bond acceptors (Lipinski definition) is 13. The van der Waals surface area contributed by atoms with E-state index in [0.29, 0.717) is 17.5 Å². The van der Waals surface area contributed by atoms with E-state index in [-0.39, 0.29) is 37.2 Å². The Labute approximate surface area is 408 Å². The highest BCUT2D eigenvalue weighted by atomic mass is 33.1. The lowest BCUT2D eigenvalue weighted by Crippen LogP contribution is -2.62. The van der Waals surface area contributed by atoms with Crippen molar-refractivity contribution in [2.24, 2.45) is 5.73 Å². The summed E-state index contributed by atoms with van der Waals surface area (Å²) in [6.45, 7) is 3.75. The normalized spacial score (nSPS) is 23.1. The zero-order valence-electron chi connectivity index (χ0n) is 38.7. The molecule has 19 nitrogen and oxygen atoms in total. The summed E-state index contributed by atoms with van der Waals surface area (Å²) >= 11 is 0. The zero-order chi connectivity index (χ0) is 50.0. The van der Waals surface area contributed by atoms with E-state index in [9.17, 15) is 48.9 Å². The number of aromatic amines is 1. The molecule has 0 aliphatic carbocycles. The van der Waals surface area contributed by atoms with Gasteiger partial charge in [0.15, 0.2) is 0 Å². The van der Waals surface area contributed by atoms with E-state index in [1.54, 1.807) is 55.6 Å². The van der Waals surface area contributed by atoms with Crippen LogP contribution in [-0.2, 0) is 52.8 Å². The summed E-state index contributed by atoms with van der Waals surface area (Å²) < 4.78 is 0. The van der Waals surface area contributed by atoms with Gasteiger partial charge in [-0.05, 0) is 49.4 Å². The molecule has 21 heteroatoms. The lowest BCUT2D eigenvalue weighted by Gasteiger charge is -2.29. The van der Waals surface area contributed by atoms with Crippen molar-refractivity contribution < 1.29 is 48.9 Å². The quantitative estimate of drug-likeness (QED) is 0.0692. The van der Waals surface area contributed by atoms with Gasteiger partial charge >= 0.3 is 0 Å². The van der Waals surface area contributed by atoms with E-state index in [1.807, 2.05) is 42.5 Å². The van der Waals surface area contributed by atoms with Crippen LogP contribution in [0, 0.1) is 0 Å². The molecule has 5 rings (SSSR count). The molecule has 1 aromatic heterocycles. The van der Waals surface area contributed by atoms with Gasteiger partial charge in [-0.25, -0.2) is 0 Å². The molecule has 4 aromatic rings. The molecule has 1 fully saturated rings. The minimum Gasteiger partial charge on any atom is -0.394 e. The molecule has 13 N–H and O–H groups in total. The number of rotatable bonds is 15. The molecule has 0 spiro atoms. The summed E-state index contributed by atoms with van der Waals surface area (Å²) in [6.07, 6.45) is -0.476. The van der Waals surface area contributed by atoms with E-state index in [2.05, 4.69) is 42.2 Å². The molecule has 0 saturated carbocycles. The Hall–Kier alpha value is -5.97. The van der Waals surface area contributed by atoms with Gasteiger partial charge in [-0.3, -0.25) is 33.6 Å². The van der Waals surface area contributed by atoms with Crippen molar-refractivity contribution >= 4 is 73.8 Å². The average Bonchev–Trinajstić information content (AvgIpc) is 3.74. The maximum Gasteiger partial charge on any atom is 0.245 e. The molecule has 0 bridgehead atoms. The van der Waals surface area contributed by atoms with Crippen molar-refractivity contribution in [2.45, 2.75) is 113 Å².